The number of amides is 2. The van der Waals surface area contributed by atoms with E-state index >= 15 is 0 Å². The van der Waals surface area contributed by atoms with Crippen molar-refractivity contribution in [3.8, 4) is 5.75 Å². The zero-order valence-electron chi connectivity index (χ0n) is 21.0. The normalized spacial score (nSPS) is 12.1. The molecule has 0 fully saturated rings. The first-order valence-electron chi connectivity index (χ1n) is 11.6. The fraction of sp³-hybridized carbons (Fsp3) is 0.440. The first-order valence-corrected chi connectivity index (χ1v) is 14.3. The van der Waals surface area contributed by atoms with E-state index in [-0.39, 0.29) is 28.2 Å². The van der Waals surface area contributed by atoms with E-state index in [4.69, 9.17) is 27.9 Å². The summed E-state index contributed by atoms with van der Waals surface area (Å²) in [6, 6.07) is 10.9. The van der Waals surface area contributed by atoms with Crippen LogP contribution in [-0.4, -0.2) is 57.6 Å². The molecule has 1 atom stereocenters. The number of methoxy groups -OCH3 is 1. The monoisotopic (exact) mass is 557 g/mol. The molecule has 0 unspecified atom stereocenters. The number of carbonyl (C=O) groups is 2. The summed E-state index contributed by atoms with van der Waals surface area (Å²) in [4.78, 5) is 28.1. The van der Waals surface area contributed by atoms with Crippen LogP contribution in [0, 0.1) is 0 Å². The van der Waals surface area contributed by atoms with Gasteiger partial charge in [0.2, 0.25) is 21.8 Å². The van der Waals surface area contributed by atoms with E-state index in [1.165, 1.54) is 17.0 Å². The predicted octanol–water partition coefficient (Wildman–Crippen LogP) is 4.49. The lowest BCUT2D eigenvalue weighted by Crippen LogP contribution is -2.52. The van der Waals surface area contributed by atoms with Crippen molar-refractivity contribution in [1.29, 1.82) is 0 Å². The van der Waals surface area contributed by atoms with Crippen LogP contribution in [0.5, 0.6) is 5.75 Å². The van der Waals surface area contributed by atoms with E-state index in [0.29, 0.717) is 18.7 Å². The Bertz CT molecular complexity index is 1140. The van der Waals surface area contributed by atoms with Crippen LogP contribution in [0.2, 0.25) is 10.0 Å². The third-order valence-electron chi connectivity index (χ3n) is 5.61. The minimum Gasteiger partial charge on any atom is -0.497 e. The molecule has 2 rings (SSSR count). The van der Waals surface area contributed by atoms with Gasteiger partial charge in [0.15, 0.2) is 0 Å². The summed E-state index contributed by atoms with van der Waals surface area (Å²) in [7, 11) is -2.36. The second-order valence-electron chi connectivity index (χ2n) is 8.28. The smallest absolute Gasteiger partial charge is 0.244 e. The van der Waals surface area contributed by atoms with Crippen molar-refractivity contribution in [1.82, 2.24) is 10.2 Å². The highest BCUT2D eigenvalue weighted by molar-refractivity contribution is 7.92. The molecular formula is C25H33Cl2N3O5S. The summed E-state index contributed by atoms with van der Waals surface area (Å²) in [5, 5.41) is 3.06. The summed E-state index contributed by atoms with van der Waals surface area (Å²) >= 11 is 12.4. The number of anilines is 1. The van der Waals surface area contributed by atoms with Gasteiger partial charge in [-0.1, -0.05) is 61.7 Å². The van der Waals surface area contributed by atoms with Gasteiger partial charge in [-0.3, -0.25) is 13.9 Å². The molecule has 2 aromatic carbocycles. The number of halogens is 2. The Kier molecular flexibility index (Phi) is 11.3. The second kappa shape index (κ2) is 13.7. The van der Waals surface area contributed by atoms with Gasteiger partial charge in [-0.25, -0.2) is 8.42 Å². The van der Waals surface area contributed by atoms with Gasteiger partial charge in [-0.15, -0.1) is 0 Å². The Morgan fingerprint density at radius 2 is 1.75 bits per heavy atom. The van der Waals surface area contributed by atoms with Crippen LogP contribution in [0.4, 0.5) is 5.69 Å². The third kappa shape index (κ3) is 8.01. The molecular weight excluding hydrogens is 525 g/mol. The average molecular weight is 559 g/mol. The van der Waals surface area contributed by atoms with Gasteiger partial charge in [-0.2, -0.15) is 0 Å². The van der Waals surface area contributed by atoms with Gasteiger partial charge >= 0.3 is 0 Å². The Hall–Kier alpha value is -2.49. The number of rotatable bonds is 13. The predicted molar refractivity (Wildman–Crippen MR) is 144 cm³/mol. The number of carbonyl (C=O) groups excluding carboxylic acids is 2. The number of benzene rings is 2. The van der Waals surface area contributed by atoms with Crippen molar-refractivity contribution in [3.63, 3.8) is 0 Å². The molecule has 2 amide bonds. The maximum atomic E-state index is 13.7. The maximum absolute atomic E-state index is 13.7. The molecule has 0 spiro atoms. The first kappa shape index (κ1) is 29.7. The molecule has 198 valence electrons. The quantitative estimate of drug-likeness (QED) is 0.366. The van der Waals surface area contributed by atoms with Crippen molar-refractivity contribution < 1.29 is 22.7 Å². The van der Waals surface area contributed by atoms with Crippen LogP contribution >= 0.6 is 23.2 Å². The summed E-state index contributed by atoms with van der Waals surface area (Å²) in [5.74, 6) is -0.191. The number of nitrogens with one attached hydrogen (secondary N) is 1. The molecule has 0 radical (unpaired) electrons. The van der Waals surface area contributed by atoms with E-state index in [2.05, 4.69) is 5.32 Å². The molecule has 2 aromatic rings. The van der Waals surface area contributed by atoms with Crippen LogP contribution in [0.1, 0.15) is 38.7 Å². The number of sulfonamides is 1. The zero-order valence-corrected chi connectivity index (χ0v) is 23.3. The molecule has 36 heavy (non-hydrogen) atoms. The van der Waals surface area contributed by atoms with Crippen molar-refractivity contribution in [2.24, 2.45) is 0 Å². The number of hydrogen-bond acceptors (Lipinski definition) is 5. The average Bonchev–Trinajstić information content (AvgIpc) is 2.84. The van der Waals surface area contributed by atoms with Crippen LogP contribution in [0.25, 0.3) is 0 Å². The minimum atomic E-state index is -3.91. The first-order chi connectivity index (χ1) is 17.0. The van der Waals surface area contributed by atoms with Crippen molar-refractivity contribution in [2.45, 2.75) is 45.7 Å². The Morgan fingerprint density at radius 1 is 1.08 bits per heavy atom. The lowest BCUT2D eigenvalue weighted by molar-refractivity contribution is -0.140. The van der Waals surface area contributed by atoms with Gasteiger partial charge in [-0.05, 0) is 42.7 Å². The highest BCUT2D eigenvalue weighted by atomic mass is 35.5. The Balaban J connectivity index is 2.44. The Labute approximate surface area is 223 Å². The topological polar surface area (TPSA) is 96.0 Å². The standard InChI is InChI=1S/C25H33Cl2N3O5S/c1-5-7-15-28-25(32)21(6-2)29(16-18-11-13-19(35-3)14-12-18)23(31)17-30(36(4,33)34)22-10-8-9-20(26)24(22)27/h8-14,21H,5-7,15-17H2,1-4H3,(H,28,32)/t21-/m0/s1. The molecule has 0 saturated carbocycles. The summed E-state index contributed by atoms with van der Waals surface area (Å²) < 4.78 is 31.5. The van der Waals surface area contributed by atoms with Gasteiger partial charge in [0.05, 0.1) is 29.1 Å². The van der Waals surface area contributed by atoms with Crippen LogP contribution in [0.3, 0.4) is 0 Å². The minimum absolute atomic E-state index is 0.0171. The molecule has 11 heteroatoms. The van der Waals surface area contributed by atoms with Gasteiger partial charge < -0.3 is 15.0 Å². The SMILES string of the molecule is CCCCNC(=O)[C@H](CC)N(Cc1ccc(OC)cc1)C(=O)CN(c1cccc(Cl)c1Cl)S(C)(=O)=O. The van der Waals surface area contributed by atoms with E-state index in [1.807, 2.05) is 6.92 Å². The third-order valence-corrected chi connectivity index (χ3v) is 7.54. The lowest BCUT2D eigenvalue weighted by atomic mass is 10.1. The van der Waals surface area contributed by atoms with Gasteiger partial charge in [0, 0.05) is 13.1 Å². The van der Waals surface area contributed by atoms with Crippen LogP contribution in [-0.2, 0) is 26.2 Å². The lowest BCUT2D eigenvalue weighted by Gasteiger charge is -2.33. The highest BCUT2D eigenvalue weighted by Crippen LogP contribution is 2.33. The summed E-state index contributed by atoms with van der Waals surface area (Å²) in [6.07, 6.45) is 3.05. The number of hydrogen-bond donors (Lipinski definition) is 1. The largest absolute Gasteiger partial charge is 0.497 e. The highest BCUT2D eigenvalue weighted by Gasteiger charge is 2.32. The van der Waals surface area contributed by atoms with Gasteiger partial charge in [0.25, 0.3) is 0 Å². The van der Waals surface area contributed by atoms with E-state index in [1.54, 1.807) is 44.4 Å². The fourth-order valence-corrected chi connectivity index (χ4v) is 4.94. The molecule has 0 aliphatic carbocycles. The molecule has 1 N–H and O–H groups in total. The van der Waals surface area contributed by atoms with Crippen molar-refractivity contribution >= 4 is 50.7 Å². The van der Waals surface area contributed by atoms with E-state index < -0.39 is 28.5 Å². The van der Waals surface area contributed by atoms with Crippen molar-refractivity contribution in [3.05, 3.63) is 58.1 Å². The number of unbranched alkanes of at least 4 members (excludes halogenated alkanes) is 1. The molecule has 0 saturated heterocycles. The van der Waals surface area contributed by atoms with Gasteiger partial charge in [0.1, 0.15) is 18.3 Å². The molecule has 0 aliphatic rings. The molecule has 0 aliphatic heterocycles. The Morgan fingerprint density at radius 3 is 2.31 bits per heavy atom. The van der Waals surface area contributed by atoms with Crippen LogP contribution in [0.15, 0.2) is 42.5 Å². The van der Waals surface area contributed by atoms with E-state index in [0.717, 1.165) is 29.0 Å². The van der Waals surface area contributed by atoms with Crippen molar-refractivity contribution in [2.75, 3.05) is 30.8 Å². The second-order valence-corrected chi connectivity index (χ2v) is 11.0. The summed E-state index contributed by atoms with van der Waals surface area (Å²) in [5.41, 5.74) is 0.848. The molecule has 0 heterocycles. The van der Waals surface area contributed by atoms with E-state index in [9.17, 15) is 18.0 Å². The fourth-order valence-electron chi connectivity index (χ4n) is 3.63. The van der Waals surface area contributed by atoms with Crippen LogP contribution < -0.4 is 14.4 Å². The molecule has 0 bridgehead atoms. The number of ether oxygens (including phenoxy) is 1. The summed E-state index contributed by atoms with van der Waals surface area (Å²) in [6.45, 7) is 3.87. The molecule has 0 aromatic heterocycles. The number of nitrogens with zero attached hydrogens (tertiary/aromatic N) is 2. The zero-order chi connectivity index (χ0) is 26.9. The maximum Gasteiger partial charge on any atom is 0.244 e. The molecule has 8 nitrogen and oxygen atoms in total.